The number of esters is 2. The highest BCUT2D eigenvalue weighted by Crippen LogP contribution is 2.19. The van der Waals surface area contributed by atoms with Crippen LogP contribution in [-0.2, 0) is 19.1 Å². The number of hydrogen-bond acceptors (Lipinski definition) is 5. The maximum Gasteiger partial charge on any atom is 0.330 e. The van der Waals surface area contributed by atoms with Crippen molar-refractivity contribution in [3.63, 3.8) is 0 Å². The van der Waals surface area contributed by atoms with E-state index in [2.05, 4.69) is 4.74 Å². The molecule has 5 heteroatoms. The van der Waals surface area contributed by atoms with Gasteiger partial charge in [0.15, 0.2) is 5.41 Å². The smallest absolute Gasteiger partial charge is 0.330 e. The van der Waals surface area contributed by atoms with E-state index in [1.165, 1.54) is 13.0 Å². The predicted octanol–water partition coefficient (Wildman–Crippen LogP) is 1.20. The van der Waals surface area contributed by atoms with Gasteiger partial charge in [0.1, 0.15) is 0 Å². The molecule has 5 nitrogen and oxygen atoms in total. The summed E-state index contributed by atoms with van der Waals surface area (Å²) in [6, 6.07) is 1.79. The van der Waals surface area contributed by atoms with E-state index in [0.29, 0.717) is 0 Å². The standard InChI is InChI=1S/C11H15NO4/c1-4-15-9(13)6-7-11(3,8-12)10(14)16-5-2/h6-7H,4-5H2,1-3H3/b7-6+. The molecule has 0 heterocycles. The van der Waals surface area contributed by atoms with E-state index < -0.39 is 17.4 Å². The lowest BCUT2D eigenvalue weighted by Gasteiger charge is -2.14. The molecular weight excluding hydrogens is 210 g/mol. The lowest BCUT2D eigenvalue weighted by atomic mass is 9.92. The van der Waals surface area contributed by atoms with Crippen molar-refractivity contribution in [2.24, 2.45) is 5.41 Å². The van der Waals surface area contributed by atoms with Crippen LogP contribution in [0.2, 0.25) is 0 Å². The van der Waals surface area contributed by atoms with Crippen LogP contribution in [0.1, 0.15) is 20.8 Å². The van der Waals surface area contributed by atoms with Gasteiger partial charge in [-0.1, -0.05) is 0 Å². The highest BCUT2D eigenvalue weighted by atomic mass is 16.5. The normalized spacial score (nSPS) is 13.9. The number of rotatable bonds is 5. The molecule has 0 fully saturated rings. The molecule has 0 bridgehead atoms. The quantitative estimate of drug-likeness (QED) is 0.519. The first-order valence-electron chi connectivity index (χ1n) is 4.94. The maximum atomic E-state index is 11.4. The number of carbonyl (C=O) groups is 2. The van der Waals surface area contributed by atoms with Gasteiger partial charge in [0.05, 0.1) is 19.3 Å². The molecule has 0 aromatic rings. The average molecular weight is 225 g/mol. The Hall–Kier alpha value is -1.83. The SMILES string of the molecule is CCOC(=O)/C=C/C(C)(C#N)C(=O)OCC. The van der Waals surface area contributed by atoms with Crippen LogP contribution < -0.4 is 0 Å². The van der Waals surface area contributed by atoms with Gasteiger partial charge in [-0.3, -0.25) is 0 Å². The molecule has 0 aromatic heterocycles. The summed E-state index contributed by atoms with van der Waals surface area (Å²) in [5, 5.41) is 8.87. The molecule has 1 unspecified atom stereocenters. The third kappa shape index (κ3) is 4.13. The Labute approximate surface area is 94.6 Å². The second kappa shape index (κ2) is 6.62. The zero-order chi connectivity index (χ0) is 12.6. The van der Waals surface area contributed by atoms with Gasteiger partial charge in [-0.25, -0.2) is 9.59 Å². The first-order valence-corrected chi connectivity index (χ1v) is 4.94. The summed E-state index contributed by atoms with van der Waals surface area (Å²) in [4.78, 5) is 22.4. The molecule has 0 saturated heterocycles. The van der Waals surface area contributed by atoms with Crippen LogP contribution in [0.4, 0.5) is 0 Å². The summed E-state index contributed by atoms with van der Waals surface area (Å²) in [5.41, 5.74) is -1.46. The Balaban J connectivity index is 4.67. The second-order valence-electron chi connectivity index (χ2n) is 3.12. The topological polar surface area (TPSA) is 76.4 Å². The number of hydrogen-bond donors (Lipinski definition) is 0. The largest absolute Gasteiger partial charge is 0.465 e. The molecule has 0 aromatic carbocycles. The van der Waals surface area contributed by atoms with Gasteiger partial charge in [-0.15, -0.1) is 0 Å². The van der Waals surface area contributed by atoms with Crippen LogP contribution in [-0.4, -0.2) is 25.2 Å². The maximum absolute atomic E-state index is 11.4. The second-order valence-corrected chi connectivity index (χ2v) is 3.12. The van der Waals surface area contributed by atoms with Gasteiger partial charge in [-0.2, -0.15) is 5.26 Å². The minimum absolute atomic E-state index is 0.184. The van der Waals surface area contributed by atoms with Crippen molar-refractivity contribution in [1.82, 2.24) is 0 Å². The van der Waals surface area contributed by atoms with Crippen LogP contribution in [0.5, 0.6) is 0 Å². The molecule has 16 heavy (non-hydrogen) atoms. The average Bonchev–Trinajstić information content (AvgIpc) is 2.26. The Kier molecular flexibility index (Phi) is 5.86. The van der Waals surface area contributed by atoms with Crippen molar-refractivity contribution in [2.75, 3.05) is 13.2 Å². The molecule has 88 valence electrons. The third-order valence-corrected chi connectivity index (χ3v) is 1.77. The molecule has 0 aliphatic heterocycles. The highest BCUT2D eigenvalue weighted by molar-refractivity contribution is 5.86. The van der Waals surface area contributed by atoms with Gasteiger partial charge in [-0.05, 0) is 26.8 Å². The molecular formula is C11H15NO4. The molecule has 1 atom stereocenters. The van der Waals surface area contributed by atoms with Crippen LogP contribution in [0.25, 0.3) is 0 Å². The summed E-state index contributed by atoms with van der Waals surface area (Å²) in [7, 11) is 0. The molecule has 0 radical (unpaired) electrons. The molecule has 0 aliphatic carbocycles. The van der Waals surface area contributed by atoms with Gasteiger partial charge < -0.3 is 9.47 Å². The van der Waals surface area contributed by atoms with Gasteiger partial charge in [0.25, 0.3) is 0 Å². The summed E-state index contributed by atoms with van der Waals surface area (Å²) >= 11 is 0. The molecule has 0 amide bonds. The van der Waals surface area contributed by atoms with Crippen molar-refractivity contribution in [3.05, 3.63) is 12.2 Å². The van der Waals surface area contributed by atoms with Gasteiger partial charge >= 0.3 is 11.9 Å². The van der Waals surface area contributed by atoms with Crippen molar-refractivity contribution < 1.29 is 19.1 Å². The number of nitrogens with zero attached hydrogens (tertiary/aromatic N) is 1. The van der Waals surface area contributed by atoms with Gasteiger partial charge in [0, 0.05) is 6.08 Å². The van der Waals surface area contributed by atoms with E-state index in [1.807, 2.05) is 0 Å². The fraction of sp³-hybridized carbons (Fsp3) is 0.545. The summed E-state index contributed by atoms with van der Waals surface area (Å²) < 4.78 is 9.36. The predicted molar refractivity (Wildman–Crippen MR) is 56.1 cm³/mol. The van der Waals surface area contributed by atoms with E-state index in [4.69, 9.17) is 10.00 Å². The molecule has 0 rings (SSSR count). The Bertz CT molecular complexity index is 329. The van der Waals surface area contributed by atoms with Gasteiger partial charge in [0.2, 0.25) is 0 Å². The lowest BCUT2D eigenvalue weighted by molar-refractivity contribution is -0.148. The van der Waals surface area contributed by atoms with E-state index in [-0.39, 0.29) is 13.2 Å². The minimum atomic E-state index is -1.46. The fourth-order valence-electron chi connectivity index (χ4n) is 0.857. The first-order chi connectivity index (χ1) is 7.50. The third-order valence-electron chi connectivity index (χ3n) is 1.77. The molecule has 0 N–H and O–H groups in total. The lowest BCUT2D eigenvalue weighted by Crippen LogP contribution is -2.26. The zero-order valence-electron chi connectivity index (χ0n) is 9.65. The first kappa shape index (κ1) is 14.2. The monoisotopic (exact) mass is 225 g/mol. The van der Waals surface area contributed by atoms with E-state index in [9.17, 15) is 9.59 Å². The number of carbonyl (C=O) groups excluding carboxylic acids is 2. The molecule has 0 saturated carbocycles. The van der Waals surface area contributed by atoms with E-state index in [0.717, 1.165) is 6.08 Å². The Morgan fingerprint density at radius 1 is 1.31 bits per heavy atom. The van der Waals surface area contributed by atoms with E-state index >= 15 is 0 Å². The Morgan fingerprint density at radius 3 is 2.31 bits per heavy atom. The minimum Gasteiger partial charge on any atom is -0.465 e. The Morgan fingerprint density at radius 2 is 1.88 bits per heavy atom. The fourth-order valence-corrected chi connectivity index (χ4v) is 0.857. The van der Waals surface area contributed by atoms with Crippen LogP contribution in [0.3, 0.4) is 0 Å². The number of nitriles is 1. The van der Waals surface area contributed by atoms with Crippen LogP contribution >= 0.6 is 0 Å². The summed E-state index contributed by atoms with van der Waals surface area (Å²) in [6.45, 7) is 5.11. The highest BCUT2D eigenvalue weighted by Gasteiger charge is 2.32. The van der Waals surface area contributed by atoms with Crippen molar-refractivity contribution >= 4 is 11.9 Å². The number of ether oxygens (including phenoxy) is 2. The van der Waals surface area contributed by atoms with Crippen LogP contribution in [0.15, 0.2) is 12.2 Å². The van der Waals surface area contributed by atoms with Crippen molar-refractivity contribution in [1.29, 1.82) is 5.26 Å². The summed E-state index contributed by atoms with van der Waals surface area (Å²) in [5.74, 6) is -1.27. The van der Waals surface area contributed by atoms with Crippen molar-refractivity contribution in [3.8, 4) is 6.07 Å². The van der Waals surface area contributed by atoms with Crippen LogP contribution in [0, 0.1) is 16.7 Å². The van der Waals surface area contributed by atoms with E-state index in [1.54, 1.807) is 19.9 Å². The molecule has 0 spiro atoms. The zero-order valence-corrected chi connectivity index (χ0v) is 9.65. The van der Waals surface area contributed by atoms with Crippen molar-refractivity contribution in [2.45, 2.75) is 20.8 Å². The molecule has 0 aliphatic rings. The summed E-state index contributed by atoms with van der Waals surface area (Å²) in [6.07, 6.45) is 2.24.